The van der Waals surface area contributed by atoms with E-state index in [9.17, 15) is 14.0 Å². The van der Waals surface area contributed by atoms with E-state index in [1.165, 1.54) is 18.6 Å². The maximum atomic E-state index is 12.6. The molecule has 2 aliphatic heterocycles. The largest absolute Gasteiger partial charge is 0.462 e. The molecule has 35 heavy (non-hydrogen) atoms. The summed E-state index contributed by atoms with van der Waals surface area (Å²) in [7, 11) is 1.65. The van der Waals surface area contributed by atoms with Crippen LogP contribution in [0.3, 0.4) is 0 Å². The Morgan fingerprint density at radius 2 is 1.83 bits per heavy atom. The fraction of sp³-hybridized carbons (Fsp3) is 0.714. The number of carbonyl (C=O) groups excluding carboxylic acids is 2. The summed E-state index contributed by atoms with van der Waals surface area (Å²) < 4.78 is 17.9. The number of rotatable bonds is 8. The Kier molecular flexibility index (Phi) is 11.5. The Hall–Kier alpha value is -2.15. The Morgan fingerprint density at radius 3 is 2.34 bits per heavy atom. The van der Waals surface area contributed by atoms with E-state index < -0.39 is 0 Å². The van der Waals surface area contributed by atoms with Gasteiger partial charge in [-0.05, 0) is 70.5 Å². The number of carbonyl (C=O) groups is 2. The summed E-state index contributed by atoms with van der Waals surface area (Å²) in [4.78, 5) is 28.7. The van der Waals surface area contributed by atoms with E-state index in [0.29, 0.717) is 25.0 Å². The van der Waals surface area contributed by atoms with Gasteiger partial charge >= 0.3 is 12.0 Å². The van der Waals surface area contributed by atoms with Gasteiger partial charge < -0.3 is 19.9 Å². The second-order valence-corrected chi connectivity index (χ2v) is 10.7. The highest BCUT2D eigenvalue weighted by Crippen LogP contribution is 2.44. The lowest BCUT2D eigenvalue weighted by molar-refractivity contribution is -0.150. The molecule has 1 N–H and O–H groups in total. The van der Waals surface area contributed by atoms with Crippen molar-refractivity contribution in [1.82, 2.24) is 15.1 Å². The van der Waals surface area contributed by atoms with Gasteiger partial charge in [-0.3, -0.25) is 4.79 Å². The van der Waals surface area contributed by atoms with Crippen molar-refractivity contribution in [2.75, 3.05) is 33.2 Å². The monoisotopic (exact) mass is 491 g/mol. The Bertz CT molecular complexity index is 770. The maximum Gasteiger partial charge on any atom is 0.317 e. The standard InChI is InChI=1S/C21H39N3O3.C7H7F/c1-6-10-23(17(4)14-16(2)3)11-7-18-15-21(19(25)27-18)8-12-24(13-9-21)20(26)22-5;1-6-2-4-7(8)5-3-6/h16-18H,6-15H2,1-5H3,(H,22,26);2-5H,1H3. The number of halogens is 1. The quantitative estimate of drug-likeness (QED) is 0.495. The van der Waals surface area contributed by atoms with Crippen LogP contribution in [0.15, 0.2) is 24.3 Å². The van der Waals surface area contributed by atoms with Gasteiger partial charge in [-0.15, -0.1) is 0 Å². The van der Waals surface area contributed by atoms with Crippen LogP contribution in [0, 0.1) is 24.1 Å². The fourth-order valence-corrected chi connectivity index (χ4v) is 5.22. The first-order valence-corrected chi connectivity index (χ1v) is 13.2. The van der Waals surface area contributed by atoms with Crippen LogP contribution in [-0.2, 0) is 9.53 Å². The fourth-order valence-electron chi connectivity index (χ4n) is 5.22. The summed E-state index contributed by atoms with van der Waals surface area (Å²) >= 11 is 0. The zero-order chi connectivity index (χ0) is 26.0. The van der Waals surface area contributed by atoms with Crippen molar-refractivity contribution in [2.45, 2.75) is 85.3 Å². The maximum absolute atomic E-state index is 12.6. The summed E-state index contributed by atoms with van der Waals surface area (Å²) in [5, 5.41) is 2.67. The third-order valence-electron chi connectivity index (χ3n) is 7.24. The van der Waals surface area contributed by atoms with Gasteiger partial charge in [0, 0.05) is 39.1 Å². The van der Waals surface area contributed by atoms with Crippen molar-refractivity contribution in [3.8, 4) is 0 Å². The van der Waals surface area contributed by atoms with Crippen LogP contribution in [0.1, 0.15) is 71.8 Å². The lowest BCUT2D eigenvalue weighted by atomic mass is 9.76. The van der Waals surface area contributed by atoms with Crippen LogP contribution in [0.4, 0.5) is 9.18 Å². The third kappa shape index (κ3) is 8.78. The number of benzene rings is 1. The Labute approximate surface area is 211 Å². The highest BCUT2D eigenvalue weighted by atomic mass is 19.1. The van der Waals surface area contributed by atoms with E-state index in [1.54, 1.807) is 24.1 Å². The molecule has 0 aliphatic carbocycles. The molecule has 2 amide bonds. The van der Waals surface area contributed by atoms with Crippen molar-refractivity contribution < 1.29 is 18.7 Å². The van der Waals surface area contributed by atoms with Gasteiger partial charge in [-0.1, -0.05) is 38.5 Å². The molecular formula is C28H46FN3O3. The molecule has 0 aromatic heterocycles. The lowest BCUT2D eigenvalue weighted by Gasteiger charge is -2.36. The number of cyclic esters (lactones) is 1. The van der Waals surface area contributed by atoms with Crippen molar-refractivity contribution in [3.05, 3.63) is 35.6 Å². The van der Waals surface area contributed by atoms with E-state index in [1.807, 2.05) is 6.92 Å². The van der Waals surface area contributed by atoms with Gasteiger partial charge in [0.15, 0.2) is 0 Å². The number of urea groups is 1. The molecule has 0 bridgehead atoms. The summed E-state index contributed by atoms with van der Waals surface area (Å²) in [6.45, 7) is 14.4. The van der Waals surface area contributed by atoms with Crippen LogP contribution in [0.5, 0.6) is 0 Å². The summed E-state index contributed by atoms with van der Waals surface area (Å²) in [6, 6.07) is 6.91. The van der Waals surface area contributed by atoms with E-state index in [0.717, 1.165) is 50.8 Å². The second-order valence-electron chi connectivity index (χ2n) is 10.7. The van der Waals surface area contributed by atoms with Crippen LogP contribution in [0.25, 0.3) is 0 Å². The minimum atomic E-state index is -0.367. The number of amides is 2. The number of aryl methyl sites for hydroxylation is 1. The third-order valence-corrected chi connectivity index (χ3v) is 7.24. The van der Waals surface area contributed by atoms with Crippen LogP contribution in [0.2, 0.25) is 0 Å². The number of ether oxygens (including phenoxy) is 1. The molecule has 2 atom stereocenters. The SMILES string of the molecule is CCCN(CCC1CC2(CCN(C(=O)NC)CC2)C(=O)O1)C(C)CC(C)C.Cc1ccc(F)cc1. The first-order valence-electron chi connectivity index (χ1n) is 13.2. The van der Waals surface area contributed by atoms with Crippen molar-refractivity contribution in [3.63, 3.8) is 0 Å². The van der Waals surface area contributed by atoms with Crippen LogP contribution >= 0.6 is 0 Å². The zero-order valence-corrected chi connectivity index (χ0v) is 22.6. The number of esters is 1. The number of likely N-dealkylation sites (tertiary alicyclic amines) is 1. The number of nitrogens with one attached hydrogen (secondary N) is 1. The van der Waals surface area contributed by atoms with E-state index in [4.69, 9.17) is 4.74 Å². The van der Waals surface area contributed by atoms with Crippen molar-refractivity contribution in [1.29, 1.82) is 0 Å². The van der Waals surface area contributed by atoms with E-state index in [-0.39, 0.29) is 29.3 Å². The molecule has 2 heterocycles. The lowest BCUT2D eigenvalue weighted by Crippen LogP contribution is -2.47. The van der Waals surface area contributed by atoms with Gasteiger partial charge in [-0.2, -0.15) is 0 Å². The molecule has 7 heteroatoms. The zero-order valence-electron chi connectivity index (χ0n) is 22.6. The Balaban J connectivity index is 0.000000456. The van der Waals surface area contributed by atoms with Crippen molar-refractivity contribution >= 4 is 12.0 Å². The van der Waals surface area contributed by atoms with Gasteiger partial charge in [0.25, 0.3) is 0 Å². The minimum absolute atomic E-state index is 0.0228. The number of nitrogens with zero attached hydrogens (tertiary/aromatic N) is 2. The molecule has 1 aromatic rings. The average molecular weight is 492 g/mol. The summed E-state index contributed by atoms with van der Waals surface area (Å²) in [6.07, 6.45) is 5.53. The van der Waals surface area contributed by atoms with Gasteiger partial charge in [0.05, 0.1) is 5.41 Å². The molecule has 1 aromatic carbocycles. The highest BCUT2D eigenvalue weighted by molar-refractivity contribution is 5.80. The van der Waals surface area contributed by atoms with E-state index >= 15 is 0 Å². The normalized spacial score (nSPS) is 20.0. The molecule has 3 rings (SSSR count). The van der Waals surface area contributed by atoms with E-state index in [2.05, 4.69) is 37.9 Å². The van der Waals surface area contributed by atoms with Gasteiger partial charge in [0.1, 0.15) is 11.9 Å². The molecule has 198 valence electrons. The smallest absolute Gasteiger partial charge is 0.317 e. The van der Waals surface area contributed by atoms with Crippen LogP contribution in [-0.4, -0.2) is 67.2 Å². The summed E-state index contributed by atoms with van der Waals surface area (Å²) in [5.74, 6) is 0.481. The molecule has 2 saturated heterocycles. The molecule has 1 spiro atoms. The molecule has 0 radical (unpaired) electrons. The first kappa shape index (κ1) is 29.1. The predicted octanol–water partition coefficient (Wildman–Crippen LogP) is 5.39. The van der Waals surface area contributed by atoms with Crippen LogP contribution < -0.4 is 5.32 Å². The molecule has 6 nitrogen and oxygen atoms in total. The first-order chi connectivity index (χ1) is 16.6. The predicted molar refractivity (Wildman–Crippen MR) is 139 cm³/mol. The molecular weight excluding hydrogens is 445 g/mol. The number of piperidine rings is 1. The highest BCUT2D eigenvalue weighted by Gasteiger charge is 2.50. The average Bonchev–Trinajstić information content (AvgIpc) is 3.12. The number of hydrogen-bond donors (Lipinski definition) is 1. The minimum Gasteiger partial charge on any atom is -0.462 e. The van der Waals surface area contributed by atoms with Gasteiger partial charge in [-0.25, -0.2) is 9.18 Å². The topological polar surface area (TPSA) is 61.9 Å². The summed E-state index contributed by atoms with van der Waals surface area (Å²) in [5.41, 5.74) is 0.723. The molecule has 0 saturated carbocycles. The Morgan fingerprint density at radius 1 is 1.20 bits per heavy atom. The molecule has 2 aliphatic rings. The van der Waals surface area contributed by atoms with Crippen molar-refractivity contribution in [2.24, 2.45) is 11.3 Å². The molecule has 2 fully saturated rings. The molecule has 2 unspecified atom stereocenters. The van der Waals surface area contributed by atoms with Gasteiger partial charge in [0.2, 0.25) is 0 Å². The number of hydrogen-bond acceptors (Lipinski definition) is 4. The second kappa shape index (κ2) is 13.8.